The smallest absolute Gasteiger partial charge is 0.224 e. The predicted molar refractivity (Wildman–Crippen MR) is 85.4 cm³/mol. The van der Waals surface area contributed by atoms with Crippen LogP contribution in [0.2, 0.25) is 0 Å². The lowest BCUT2D eigenvalue weighted by molar-refractivity contribution is -0.136. The molecular weight excluding hydrogens is 292 g/mol. The Bertz CT molecular complexity index is 484. The molecule has 2 N–H and O–H groups in total. The minimum atomic E-state index is -0.204. The molecule has 1 unspecified atom stereocenters. The highest BCUT2D eigenvalue weighted by Crippen LogP contribution is 2.38. The van der Waals surface area contributed by atoms with E-state index in [2.05, 4.69) is 23.3 Å². The van der Waals surface area contributed by atoms with Gasteiger partial charge in [-0.15, -0.1) is 23.7 Å². The number of rotatable bonds is 3. The van der Waals surface area contributed by atoms with Crippen LogP contribution in [0.15, 0.2) is 11.4 Å². The van der Waals surface area contributed by atoms with Crippen LogP contribution in [0, 0.1) is 0 Å². The van der Waals surface area contributed by atoms with Gasteiger partial charge in [-0.3, -0.25) is 4.79 Å². The molecule has 0 spiro atoms. The highest BCUT2D eigenvalue weighted by atomic mass is 35.5. The summed E-state index contributed by atoms with van der Waals surface area (Å²) in [6, 6.07) is 2.46. The molecule has 0 aromatic carbocycles. The maximum atomic E-state index is 12.6. The number of carbonyl (C=O) groups is 1. The van der Waals surface area contributed by atoms with Crippen molar-refractivity contribution >= 4 is 29.7 Å². The molecule has 1 aromatic heterocycles. The van der Waals surface area contributed by atoms with Gasteiger partial charge in [-0.05, 0) is 49.1 Å². The summed E-state index contributed by atoms with van der Waals surface area (Å²) in [5.41, 5.74) is 7.39. The molecular formula is C15H23ClN2OS. The molecule has 1 fully saturated rings. The zero-order valence-electron chi connectivity index (χ0n) is 11.9. The Morgan fingerprint density at radius 2 is 2.30 bits per heavy atom. The first-order valence-electron chi connectivity index (χ1n) is 7.27. The summed E-state index contributed by atoms with van der Waals surface area (Å²) < 4.78 is 0. The average molecular weight is 315 g/mol. The third-order valence-electron chi connectivity index (χ3n) is 4.65. The highest BCUT2D eigenvalue weighted by Gasteiger charge is 2.38. The summed E-state index contributed by atoms with van der Waals surface area (Å²) in [5, 5.41) is 2.15. The number of carbonyl (C=O) groups excluding carboxylic acids is 1. The number of nitrogens with zero attached hydrogens (tertiary/aromatic N) is 1. The second kappa shape index (κ2) is 6.04. The Morgan fingerprint density at radius 1 is 1.55 bits per heavy atom. The van der Waals surface area contributed by atoms with Gasteiger partial charge in [-0.1, -0.05) is 6.92 Å². The molecule has 112 valence electrons. The van der Waals surface area contributed by atoms with E-state index in [-0.39, 0.29) is 29.9 Å². The lowest BCUT2D eigenvalue weighted by Crippen LogP contribution is -2.51. The SMILES string of the molecule is CCC1c2ccsc2CCN1C(=O)CC1(N)CCC1.Cl. The second-order valence-corrected chi connectivity index (χ2v) is 6.95. The maximum Gasteiger partial charge on any atom is 0.224 e. The first kappa shape index (κ1) is 15.8. The molecule has 3 nitrogen and oxygen atoms in total. The van der Waals surface area contributed by atoms with Gasteiger partial charge in [0.25, 0.3) is 0 Å². The van der Waals surface area contributed by atoms with Crippen LogP contribution in [0.4, 0.5) is 0 Å². The molecule has 1 saturated carbocycles. The van der Waals surface area contributed by atoms with Crippen molar-refractivity contribution in [2.24, 2.45) is 5.73 Å². The summed E-state index contributed by atoms with van der Waals surface area (Å²) in [6.45, 7) is 3.03. The highest BCUT2D eigenvalue weighted by molar-refractivity contribution is 7.10. The van der Waals surface area contributed by atoms with E-state index < -0.39 is 0 Å². The molecule has 1 atom stereocenters. The molecule has 2 aliphatic rings. The molecule has 1 aliphatic carbocycles. The largest absolute Gasteiger partial charge is 0.335 e. The van der Waals surface area contributed by atoms with Crippen LogP contribution < -0.4 is 5.73 Å². The quantitative estimate of drug-likeness (QED) is 0.930. The van der Waals surface area contributed by atoms with Crippen LogP contribution in [0.1, 0.15) is 55.5 Å². The van der Waals surface area contributed by atoms with E-state index >= 15 is 0 Å². The summed E-state index contributed by atoms with van der Waals surface area (Å²) >= 11 is 1.82. The standard InChI is InChI=1S/C15H22N2OS.ClH/c1-2-12-11-5-9-19-13(11)4-8-17(12)14(18)10-15(16)6-3-7-15;/h5,9,12H,2-4,6-8,10,16H2,1H3;1H. The summed E-state index contributed by atoms with van der Waals surface area (Å²) in [5.74, 6) is 0.255. The van der Waals surface area contributed by atoms with E-state index in [1.54, 1.807) is 0 Å². The van der Waals surface area contributed by atoms with Gasteiger partial charge in [0, 0.05) is 23.4 Å². The van der Waals surface area contributed by atoms with Crippen molar-refractivity contribution in [1.82, 2.24) is 4.90 Å². The number of hydrogen-bond acceptors (Lipinski definition) is 3. The Balaban J connectivity index is 0.00000147. The van der Waals surface area contributed by atoms with Crippen molar-refractivity contribution in [3.05, 3.63) is 21.9 Å². The van der Waals surface area contributed by atoms with Crippen molar-refractivity contribution in [2.75, 3.05) is 6.54 Å². The number of hydrogen-bond donors (Lipinski definition) is 1. The summed E-state index contributed by atoms with van der Waals surface area (Å²) in [6.07, 6.45) is 5.72. The number of fused-ring (bicyclic) bond motifs is 1. The van der Waals surface area contributed by atoms with E-state index in [9.17, 15) is 4.79 Å². The van der Waals surface area contributed by atoms with Crippen molar-refractivity contribution in [2.45, 2.75) is 57.0 Å². The van der Waals surface area contributed by atoms with E-state index in [1.165, 1.54) is 16.9 Å². The fourth-order valence-electron chi connectivity index (χ4n) is 3.35. The van der Waals surface area contributed by atoms with Crippen LogP contribution in [0.25, 0.3) is 0 Å². The maximum absolute atomic E-state index is 12.6. The van der Waals surface area contributed by atoms with Crippen LogP contribution in [0.5, 0.6) is 0 Å². The van der Waals surface area contributed by atoms with Gasteiger partial charge in [-0.25, -0.2) is 0 Å². The van der Waals surface area contributed by atoms with Gasteiger partial charge < -0.3 is 10.6 Å². The Labute approximate surface area is 130 Å². The summed E-state index contributed by atoms with van der Waals surface area (Å²) in [4.78, 5) is 16.1. The first-order valence-corrected chi connectivity index (χ1v) is 8.15. The number of nitrogens with two attached hydrogens (primary N) is 1. The fraction of sp³-hybridized carbons (Fsp3) is 0.667. The number of amides is 1. The Hall–Kier alpha value is -0.580. The van der Waals surface area contributed by atoms with E-state index in [1.807, 2.05) is 11.3 Å². The van der Waals surface area contributed by atoms with Gasteiger partial charge in [0.05, 0.1) is 6.04 Å². The van der Waals surface area contributed by atoms with E-state index in [0.29, 0.717) is 6.42 Å². The first-order chi connectivity index (χ1) is 9.13. The number of thiophene rings is 1. The van der Waals surface area contributed by atoms with E-state index in [0.717, 1.165) is 32.2 Å². The molecule has 0 saturated heterocycles. The molecule has 1 aromatic rings. The zero-order valence-corrected chi connectivity index (χ0v) is 13.6. The molecule has 2 heterocycles. The lowest BCUT2D eigenvalue weighted by Gasteiger charge is -2.41. The van der Waals surface area contributed by atoms with Crippen LogP contribution in [-0.2, 0) is 11.2 Å². The third-order valence-corrected chi connectivity index (χ3v) is 5.65. The zero-order chi connectivity index (χ0) is 13.5. The van der Waals surface area contributed by atoms with Gasteiger partial charge >= 0.3 is 0 Å². The second-order valence-electron chi connectivity index (χ2n) is 5.95. The van der Waals surface area contributed by atoms with Crippen molar-refractivity contribution in [3.8, 4) is 0 Å². The van der Waals surface area contributed by atoms with Gasteiger partial charge in [0.2, 0.25) is 5.91 Å². The fourth-order valence-corrected chi connectivity index (χ4v) is 4.27. The van der Waals surface area contributed by atoms with Crippen LogP contribution in [0.3, 0.4) is 0 Å². The molecule has 5 heteroatoms. The summed E-state index contributed by atoms with van der Waals surface area (Å²) in [7, 11) is 0. The normalized spacial score (nSPS) is 23.5. The van der Waals surface area contributed by atoms with Crippen molar-refractivity contribution < 1.29 is 4.79 Å². The minimum Gasteiger partial charge on any atom is -0.335 e. The van der Waals surface area contributed by atoms with Crippen molar-refractivity contribution in [1.29, 1.82) is 0 Å². The predicted octanol–water partition coefficient (Wildman–Crippen LogP) is 3.28. The minimum absolute atomic E-state index is 0. The molecule has 0 radical (unpaired) electrons. The number of halogens is 1. The Morgan fingerprint density at radius 3 is 2.90 bits per heavy atom. The van der Waals surface area contributed by atoms with Crippen LogP contribution in [-0.4, -0.2) is 22.9 Å². The van der Waals surface area contributed by atoms with Gasteiger partial charge in [0.1, 0.15) is 0 Å². The monoisotopic (exact) mass is 314 g/mol. The lowest BCUT2D eigenvalue weighted by atomic mass is 9.75. The molecule has 0 bridgehead atoms. The van der Waals surface area contributed by atoms with E-state index in [4.69, 9.17) is 5.73 Å². The third kappa shape index (κ3) is 2.74. The topological polar surface area (TPSA) is 46.3 Å². The Kier molecular flexibility index (Phi) is 4.77. The molecule has 20 heavy (non-hydrogen) atoms. The van der Waals surface area contributed by atoms with Crippen LogP contribution >= 0.6 is 23.7 Å². The molecule has 1 amide bonds. The van der Waals surface area contributed by atoms with Gasteiger partial charge in [-0.2, -0.15) is 0 Å². The van der Waals surface area contributed by atoms with Gasteiger partial charge in [0.15, 0.2) is 0 Å². The molecule has 3 rings (SSSR count). The average Bonchev–Trinajstić information content (AvgIpc) is 2.83. The van der Waals surface area contributed by atoms with Crippen molar-refractivity contribution in [3.63, 3.8) is 0 Å². The molecule has 1 aliphatic heterocycles.